The summed E-state index contributed by atoms with van der Waals surface area (Å²) >= 11 is 0. The summed E-state index contributed by atoms with van der Waals surface area (Å²) in [6.45, 7) is 18.9. The van der Waals surface area contributed by atoms with E-state index < -0.39 is 0 Å². The van der Waals surface area contributed by atoms with E-state index in [9.17, 15) is 0 Å². The number of fused-ring (bicyclic) bond motifs is 6. The van der Waals surface area contributed by atoms with Crippen LogP contribution in [-0.2, 0) is 0 Å². The van der Waals surface area contributed by atoms with Crippen LogP contribution >= 0.6 is 0 Å². The van der Waals surface area contributed by atoms with E-state index in [2.05, 4.69) is 151 Å². The summed E-state index contributed by atoms with van der Waals surface area (Å²) in [7, 11) is 0. The van der Waals surface area contributed by atoms with Gasteiger partial charge in [-0.2, -0.15) is 0 Å². The Morgan fingerprint density at radius 1 is 0.765 bits per heavy atom. The van der Waals surface area contributed by atoms with Crippen LogP contribution in [0, 0.1) is 41.9 Å². The van der Waals surface area contributed by atoms with Crippen LogP contribution in [-0.4, -0.2) is 0 Å². The third kappa shape index (κ3) is 6.43. The molecule has 262 valence electrons. The quantitative estimate of drug-likeness (QED) is 0.260. The molecule has 5 aliphatic rings. The van der Waals surface area contributed by atoms with Crippen molar-refractivity contribution in [2.24, 2.45) is 35.0 Å². The van der Waals surface area contributed by atoms with Crippen molar-refractivity contribution in [3.8, 4) is 0 Å². The molecule has 3 aromatic carbocycles. The first kappa shape index (κ1) is 34.2. The number of rotatable bonds is 3. The van der Waals surface area contributed by atoms with E-state index in [1.54, 1.807) is 5.57 Å². The molecular weight excluding hydrogens is 613 g/mol. The van der Waals surface area contributed by atoms with Gasteiger partial charge in [0.25, 0.3) is 0 Å². The van der Waals surface area contributed by atoms with Crippen molar-refractivity contribution in [2.75, 3.05) is 0 Å². The average molecular weight is 671 g/mol. The number of allylic oxidation sites excluding steroid dienone is 7. The summed E-state index contributed by atoms with van der Waals surface area (Å²) in [5, 5.41) is 6.53. The molecule has 0 aromatic heterocycles. The van der Waals surface area contributed by atoms with Crippen molar-refractivity contribution in [3.63, 3.8) is 0 Å². The Balaban J connectivity index is 1.12. The molecule has 0 heterocycles. The van der Waals surface area contributed by atoms with Crippen molar-refractivity contribution in [1.82, 2.24) is 0 Å². The van der Waals surface area contributed by atoms with Crippen molar-refractivity contribution >= 4 is 35.1 Å². The monoisotopic (exact) mass is 670 g/mol. The Kier molecular flexibility index (Phi) is 9.11. The van der Waals surface area contributed by atoms with Crippen LogP contribution in [0.5, 0.6) is 0 Å². The van der Waals surface area contributed by atoms with Crippen LogP contribution in [0.3, 0.4) is 0 Å². The summed E-state index contributed by atoms with van der Waals surface area (Å²) in [5.74, 6) is 4.95. The predicted octanol–water partition coefficient (Wildman–Crippen LogP) is 11.6. The zero-order valence-corrected chi connectivity index (χ0v) is 32.0. The highest BCUT2D eigenvalue weighted by atomic mass is 14.6. The van der Waals surface area contributed by atoms with E-state index in [0.717, 1.165) is 35.3 Å². The van der Waals surface area contributed by atoms with E-state index in [1.165, 1.54) is 93.1 Å². The van der Waals surface area contributed by atoms with Gasteiger partial charge in [-0.15, -0.1) is 0 Å². The maximum Gasteiger partial charge on any atom is 0.00644 e. The Labute approximate surface area is 307 Å². The molecule has 4 unspecified atom stereocenters. The molecule has 0 amide bonds. The summed E-state index contributed by atoms with van der Waals surface area (Å²) < 4.78 is 0. The van der Waals surface area contributed by atoms with Gasteiger partial charge >= 0.3 is 0 Å². The Bertz CT molecular complexity index is 2210. The zero-order chi connectivity index (χ0) is 35.4. The van der Waals surface area contributed by atoms with Crippen molar-refractivity contribution in [3.05, 3.63) is 140 Å². The second-order valence-corrected chi connectivity index (χ2v) is 17.6. The lowest BCUT2D eigenvalue weighted by molar-refractivity contribution is 0.109. The molecule has 0 spiro atoms. The van der Waals surface area contributed by atoms with Crippen molar-refractivity contribution in [2.45, 2.75) is 98.3 Å². The first-order chi connectivity index (χ1) is 24.6. The number of aryl methyl sites for hydroxylation is 1. The van der Waals surface area contributed by atoms with Crippen LogP contribution in [0.2, 0.25) is 0 Å². The van der Waals surface area contributed by atoms with Crippen LogP contribution in [0.25, 0.3) is 35.1 Å². The van der Waals surface area contributed by atoms with Crippen LogP contribution in [0.4, 0.5) is 0 Å². The van der Waals surface area contributed by atoms with Crippen LogP contribution in [0.15, 0.2) is 102 Å². The topological polar surface area (TPSA) is 0 Å². The van der Waals surface area contributed by atoms with Gasteiger partial charge in [0.2, 0.25) is 0 Å². The minimum Gasteiger partial charge on any atom is -0.0911 e. The lowest BCUT2D eigenvalue weighted by atomic mass is 9.64. The third-order valence-corrected chi connectivity index (χ3v) is 14.0. The zero-order valence-electron chi connectivity index (χ0n) is 32.0. The minimum atomic E-state index is 0.334. The fourth-order valence-corrected chi connectivity index (χ4v) is 11.6. The van der Waals surface area contributed by atoms with E-state index >= 15 is 0 Å². The molecule has 4 bridgehead atoms. The molecule has 0 radical (unpaired) electrons. The number of hydrogen-bond donors (Lipinski definition) is 0. The third-order valence-electron chi connectivity index (χ3n) is 14.0. The predicted molar refractivity (Wildman–Crippen MR) is 221 cm³/mol. The van der Waals surface area contributed by atoms with E-state index in [-0.39, 0.29) is 0 Å². The molecule has 5 aliphatic carbocycles. The molecule has 0 saturated heterocycles. The van der Waals surface area contributed by atoms with Gasteiger partial charge in [0, 0.05) is 5.92 Å². The fraction of sp³-hybridized carbons (Fsp3) is 0.412. The highest BCUT2D eigenvalue weighted by molar-refractivity contribution is 5.79. The maximum atomic E-state index is 4.65. The fourth-order valence-electron chi connectivity index (χ4n) is 11.6. The highest BCUT2D eigenvalue weighted by Gasteiger charge is 2.57. The Morgan fingerprint density at radius 2 is 1.53 bits per heavy atom. The van der Waals surface area contributed by atoms with Crippen molar-refractivity contribution < 1.29 is 0 Å². The summed E-state index contributed by atoms with van der Waals surface area (Å²) in [5.41, 5.74) is 10.3. The lowest BCUT2D eigenvalue weighted by Crippen LogP contribution is -2.33. The normalized spacial score (nSPS) is 32.2. The Morgan fingerprint density at radius 3 is 2.31 bits per heavy atom. The second kappa shape index (κ2) is 13.6. The first-order valence-electron chi connectivity index (χ1n) is 20.0. The van der Waals surface area contributed by atoms with Gasteiger partial charge in [-0.3, -0.25) is 0 Å². The average Bonchev–Trinajstić information content (AvgIpc) is 3.34. The summed E-state index contributed by atoms with van der Waals surface area (Å²) in [4.78, 5) is 0. The standard InChI is InChI=1S/C51H58/c1-8-10-37-16-14-36-23-33(3)13-15-38(27-35(5)46(37)28-36)39-19-21-44-45-22-20-43(31-50(45)51(6,7)49(44)30-39)47-26-32(2)11-9-12-40-24-34(4)25-41-17-18-42(47)29-48(40)41/h8-11,13-18,23-29,39-40,43-45,49-50H,5,12,19-22,30-31H2,1-4,6-7H3/b10-8+,11-9+,15-13?,32-26-,33-23?,38-27?,47-42+/t39?,40?,43-,44?,45?,49+,50-/m0/s1. The van der Waals surface area contributed by atoms with Gasteiger partial charge in [-0.05, 0) is 168 Å². The molecule has 0 nitrogen and oxygen atoms in total. The molecule has 3 aromatic rings. The largest absolute Gasteiger partial charge is 0.0911 e. The molecule has 8 rings (SSSR count). The molecule has 0 N–H and O–H groups in total. The summed E-state index contributed by atoms with van der Waals surface area (Å²) in [6.07, 6.45) is 25.7. The number of hydrogen-bond acceptors (Lipinski definition) is 0. The van der Waals surface area contributed by atoms with Crippen LogP contribution in [0.1, 0.15) is 114 Å². The molecule has 0 heteroatoms. The molecule has 3 fully saturated rings. The smallest absolute Gasteiger partial charge is 0.00644 e. The molecular formula is C51H58. The van der Waals surface area contributed by atoms with Gasteiger partial charge in [-0.25, -0.2) is 0 Å². The highest BCUT2D eigenvalue weighted by Crippen LogP contribution is 2.65. The molecule has 3 saturated carbocycles. The van der Waals surface area contributed by atoms with Gasteiger partial charge < -0.3 is 0 Å². The van der Waals surface area contributed by atoms with E-state index in [4.69, 9.17) is 0 Å². The van der Waals surface area contributed by atoms with Gasteiger partial charge in [-0.1, -0.05) is 134 Å². The molecule has 0 aliphatic heterocycles. The maximum absolute atomic E-state index is 4.65. The van der Waals surface area contributed by atoms with Crippen LogP contribution < -0.4 is 15.7 Å². The van der Waals surface area contributed by atoms with E-state index in [0.29, 0.717) is 23.2 Å². The van der Waals surface area contributed by atoms with Gasteiger partial charge in [0.1, 0.15) is 0 Å². The van der Waals surface area contributed by atoms with Gasteiger partial charge in [0.05, 0.1) is 0 Å². The number of benzene rings is 2. The van der Waals surface area contributed by atoms with Gasteiger partial charge in [0.15, 0.2) is 0 Å². The Hall–Kier alpha value is -3.90. The first-order valence-corrected chi connectivity index (χ1v) is 20.0. The SMILES string of the molecule is C=c1cc(C2CCC3C4CC[C@H](C5=c6\ccc7c(c6)C(C=C(C)C=7)C/C=C/C(C)=C\5)C[C@@H]4C(C)(C)[C@@H]3C2)ccc(C)cc2ccc(/C=C/C)c1c2. The molecule has 7 atom stereocenters. The summed E-state index contributed by atoms with van der Waals surface area (Å²) in [6, 6.07) is 23.8. The lowest BCUT2D eigenvalue weighted by Gasteiger charge is -2.41. The minimum absolute atomic E-state index is 0.334. The van der Waals surface area contributed by atoms with Crippen molar-refractivity contribution in [1.29, 1.82) is 0 Å². The molecule has 51 heavy (non-hydrogen) atoms. The second-order valence-electron chi connectivity index (χ2n) is 17.6. The van der Waals surface area contributed by atoms with E-state index in [1.807, 2.05) is 0 Å².